The summed E-state index contributed by atoms with van der Waals surface area (Å²) in [7, 11) is 0. The monoisotopic (exact) mass is 362 g/mol. The zero-order valence-electron chi connectivity index (χ0n) is 13.3. The fourth-order valence-electron chi connectivity index (χ4n) is 2.34. The maximum absolute atomic E-state index is 12.5. The molecule has 0 spiro atoms. The minimum Gasteiger partial charge on any atom is -0.471 e. The summed E-state index contributed by atoms with van der Waals surface area (Å²) in [5.41, 5.74) is -0.0815. The second-order valence-corrected chi connectivity index (χ2v) is 5.64. The van der Waals surface area contributed by atoms with E-state index in [1.54, 1.807) is 6.07 Å². The fraction of sp³-hybridized carbons (Fsp3) is 0.235. The van der Waals surface area contributed by atoms with E-state index in [0.29, 0.717) is 24.5 Å². The zero-order chi connectivity index (χ0) is 18.7. The average molecular weight is 362 g/mol. The second-order valence-electron chi connectivity index (χ2n) is 5.64. The highest BCUT2D eigenvalue weighted by atomic mass is 19.4. The molecule has 6 nitrogen and oxygen atoms in total. The van der Waals surface area contributed by atoms with Crippen LogP contribution in [0.4, 0.5) is 23.7 Å². The number of ether oxygens (including phenoxy) is 1. The molecule has 0 unspecified atom stereocenters. The van der Waals surface area contributed by atoms with Gasteiger partial charge in [-0.1, -0.05) is 0 Å². The van der Waals surface area contributed by atoms with Crippen molar-refractivity contribution in [3.05, 3.63) is 53.7 Å². The number of amides is 2. The van der Waals surface area contributed by atoms with E-state index in [2.05, 4.69) is 10.3 Å². The Labute approximate surface area is 146 Å². The molecular formula is C17H13F3N4O2. The number of rotatable bonds is 3. The molecule has 1 aliphatic rings. The Hall–Kier alpha value is -3.28. The van der Waals surface area contributed by atoms with Crippen LogP contribution in [0.3, 0.4) is 0 Å². The van der Waals surface area contributed by atoms with Gasteiger partial charge >= 0.3 is 12.2 Å². The van der Waals surface area contributed by atoms with Crippen LogP contribution in [0.2, 0.25) is 0 Å². The second kappa shape index (κ2) is 6.92. The molecule has 0 radical (unpaired) electrons. The number of pyridine rings is 1. The third kappa shape index (κ3) is 4.03. The number of alkyl halides is 3. The van der Waals surface area contributed by atoms with Crippen molar-refractivity contribution < 1.29 is 22.7 Å². The molecule has 1 aromatic heterocycles. The zero-order valence-corrected chi connectivity index (χ0v) is 13.3. The minimum atomic E-state index is -4.42. The van der Waals surface area contributed by atoms with Gasteiger partial charge in [-0.3, -0.25) is 0 Å². The molecule has 3 rings (SSSR count). The van der Waals surface area contributed by atoms with Gasteiger partial charge in [-0.15, -0.1) is 0 Å². The molecule has 1 saturated heterocycles. The minimum absolute atomic E-state index is 0.255. The molecule has 1 N–H and O–H groups in total. The van der Waals surface area contributed by atoms with Gasteiger partial charge in [0.15, 0.2) is 0 Å². The van der Waals surface area contributed by atoms with E-state index < -0.39 is 17.8 Å². The van der Waals surface area contributed by atoms with E-state index in [1.165, 1.54) is 29.3 Å². The SMILES string of the molecule is N#Cc1ccnc(OC2CN(C(=O)Nc3ccc(C(F)(F)F)cc3)C2)c1. The van der Waals surface area contributed by atoms with Crippen molar-refractivity contribution in [3.8, 4) is 11.9 Å². The molecular weight excluding hydrogens is 349 g/mol. The van der Waals surface area contributed by atoms with Crippen LogP contribution in [0.1, 0.15) is 11.1 Å². The number of nitrogens with zero attached hydrogens (tertiary/aromatic N) is 3. The summed E-state index contributed by atoms with van der Waals surface area (Å²) < 4.78 is 43.1. The standard InChI is InChI=1S/C17H13F3N4O2/c18-17(19,20)12-1-3-13(4-2-12)23-16(25)24-9-14(10-24)26-15-7-11(8-21)5-6-22-15/h1-7,14H,9-10H2,(H,23,25). The van der Waals surface area contributed by atoms with Crippen molar-refractivity contribution >= 4 is 11.7 Å². The van der Waals surface area contributed by atoms with E-state index in [0.717, 1.165) is 12.1 Å². The van der Waals surface area contributed by atoms with Gasteiger partial charge in [-0.2, -0.15) is 18.4 Å². The Balaban J connectivity index is 1.49. The lowest BCUT2D eigenvalue weighted by atomic mass is 10.1. The summed E-state index contributed by atoms with van der Waals surface area (Å²) in [5.74, 6) is 0.303. The van der Waals surface area contributed by atoms with Crippen LogP contribution in [-0.4, -0.2) is 35.1 Å². The summed E-state index contributed by atoms with van der Waals surface area (Å²) in [6.45, 7) is 0.621. The molecule has 2 aromatic rings. The first-order valence-electron chi connectivity index (χ1n) is 7.61. The highest BCUT2D eigenvalue weighted by molar-refractivity contribution is 5.89. The number of halogens is 3. The van der Waals surface area contributed by atoms with Crippen LogP contribution in [0.15, 0.2) is 42.6 Å². The number of likely N-dealkylation sites (tertiary alicyclic amines) is 1. The van der Waals surface area contributed by atoms with Crippen LogP contribution < -0.4 is 10.1 Å². The number of hydrogen-bond acceptors (Lipinski definition) is 4. The van der Waals surface area contributed by atoms with E-state index in [9.17, 15) is 18.0 Å². The highest BCUT2D eigenvalue weighted by Crippen LogP contribution is 2.30. The maximum Gasteiger partial charge on any atom is 0.416 e. The molecule has 0 atom stereocenters. The topological polar surface area (TPSA) is 78.2 Å². The van der Waals surface area contributed by atoms with Crippen molar-refractivity contribution in [2.24, 2.45) is 0 Å². The van der Waals surface area contributed by atoms with Crippen LogP contribution in [-0.2, 0) is 6.18 Å². The molecule has 2 amide bonds. The molecule has 26 heavy (non-hydrogen) atoms. The quantitative estimate of drug-likeness (QED) is 0.909. The van der Waals surface area contributed by atoms with Gasteiger partial charge in [0.25, 0.3) is 0 Å². The third-order valence-electron chi connectivity index (χ3n) is 3.75. The lowest BCUT2D eigenvalue weighted by molar-refractivity contribution is -0.137. The number of carbonyl (C=O) groups excluding carboxylic acids is 1. The predicted molar refractivity (Wildman–Crippen MR) is 85.4 cm³/mol. The number of aromatic nitrogens is 1. The van der Waals surface area contributed by atoms with Crippen LogP contribution in [0, 0.1) is 11.3 Å². The van der Waals surface area contributed by atoms with Gasteiger partial charge in [0.2, 0.25) is 5.88 Å². The van der Waals surface area contributed by atoms with Gasteiger partial charge in [-0.25, -0.2) is 9.78 Å². The number of nitriles is 1. The maximum atomic E-state index is 12.5. The lowest BCUT2D eigenvalue weighted by Crippen LogP contribution is -2.57. The van der Waals surface area contributed by atoms with Gasteiger partial charge < -0.3 is 15.0 Å². The van der Waals surface area contributed by atoms with Crippen LogP contribution in [0.5, 0.6) is 5.88 Å². The highest BCUT2D eigenvalue weighted by Gasteiger charge is 2.33. The smallest absolute Gasteiger partial charge is 0.416 e. The first-order chi connectivity index (χ1) is 12.3. The number of carbonyl (C=O) groups is 1. The third-order valence-corrected chi connectivity index (χ3v) is 3.75. The number of urea groups is 1. The van der Waals surface area contributed by atoms with Crippen LogP contribution in [0.25, 0.3) is 0 Å². The van der Waals surface area contributed by atoms with Crippen LogP contribution >= 0.6 is 0 Å². The van der Waals surface area contributed by atoms with E-state index in [1.807, 2.05) is 6.07 Å². The molecule has 0 bridgehead atoms. The number of benzene rings is 1. The van der Waals surface area contributed by atoms with E-state index in [-0.39, 0.29) is 11.8 Å². The van der Waals surface area contributed by atoms with Crippen molar-refractivity contribution in [1.29, 1.82) is 5.26 Å². The first-order valence-corrected chi connectivity index (χ1v) is 7.61. The molecule has 2 heterocycles. The van der Waals surface area contributed by atoms with E-state index >= 15 is 0 Å². The molecule has 1 fully saturated rings. The lowest BCUT2D eigenvalue weighted by Gasteiger charge is -2.38. The number of nitrogens with one attached hydrogen (secondary N) is 1. The van der Waals surface area contributed by atoms with E-state index in [4.69, 9.17) is 10.00 Å². The Bertz CT molecular complexity index is 840. The van der Waals surface area contributed by atoms with Gasteiger partial charge in [0.1, 0.15) is 6.10 Å². The van der Waals surface area contributed by atoms with Gasteiger partial charge in [0.05, 0.1) is 30.3 Å². The van der Waals surface area contributed by atoms with Gasteiger partial charge in [-0.05, 0) is 30.3 Å². The van der Waals surface area contributed by atoms with Crippen molar-refractivity contribution in [3.63, 3.8) is 0 Å². The normalized spacial score (nSPS) is 14.3. The average Bonchev–Trinajstić information content (AvgIpc) is 2.57. The Kier molecular flexibility index (Phi) is 4.67. The fourth-order valence-corrected chi connectivity index (χ4v) is 2.34. The van der Waals surface area contributed by atoms with Crippen molar-refractivity contribution in [2.75, 3.05) is 18.4 Å². The summed E-state index contributed by atoms with van der Waals surface area (Å²) >= 11 is 0. The van der Waals surface area contributed by atoms with Crippen molar-refractivity contribution in [1.82, 2.24) is 9.88 Å². The number of hydrogen-bond donors (Lipinski definition) is 1. The summed E-state index contributed by atoms with van der Waals surface area (Å²) in [4.78, 5) is 17.5. The largest absolute Gasteiger partial charge is 0.471 e. The van der Waals surface area contributed by atoms with Crippen molar-refractivity contribution in [2.45, 2.75) is 12.3 Å². The molecule has 1 aromatic carbocycles. The molecule has 9 heteroatoms. The summed E-state index contributed by atoms with van der Waals surface area (Å²) in [6.07, 6.45) is -3.21. The van der Waals surface area contributed by atoms with Gasteiger partial charge in [0, 0.05) is 18.0 Å². The Morgan fingerprint density at radius 3 is 2.58 bits per heavy atom. The Morgan fingerprint density at radius 2 is 1.96 bits per heavy atom. The molecule has 1 aliphatic heterocycles. The molecule has 0 saturated carbocycles. The predicted octanol–water partition coefficient (Wildman–Crippen LogP) is 3.27. The summed E-state index contributed by atoms with van der Waals surface area (Å²) in [6, 6.07) is 8.83. The number of anilines is 1. The summed E-state index contributed by atoms with van der Waals surface area (Å²) in [5, 5.41) is 11.4. The first kappa shape index (κ1) is 17.5. The Morgan fingerprint density at radius 1 is 1.27 bits per heavy atom. The molecule has 134 valence electrons. The molecule has 0 aliphatic carbocycles.